The van der Waals surface area contributed by atoms with Crippen LogP contribution in [0.3, 0.4) is 0 Å². The number of fused-ring (bicyclic) bond motifs is 2. The van der Waals surface area contributed by atoms with Crippen molar-refractivity contribution in [3.05, 3.63) is 59.6 Å². The molecule has 2 aromatic carbocycles. The number of imidazole rings is 1. The molecule has 0 saturated carbocycles. The molecule has 2 aliphatic heterocycles. The van der Waals surface area contributed by atoms with Crippen LogP contribution in [0.5, 0.6) is 6.01 Å². The maximum absolute atomic E-state index is 6.63. The van der Waals surface area contributed by atoms with E-state index in [0.717, 1.165) is 36.2 Å². The fourth-order valence-electron chi connectivity index (χ4n) is 5.10. The lowest BCUT2D eigenvalue weighted by atomic mass is 10.0. The predicted octanol–water partition coefficient (Wildman–Crippen LogP) is 5.73. The van der Waals surface area contributed by atoms with Crippen molar-refractivity contribution < 1.29 is 14.2 Å². The highest BCUT2D eigenvalue weighted by molar-refractivity contribution is 6.33. The molecule has 2 saturated heterocycles. The van der Waals surface area contributed by atoms with E-state index in [1.807, 2.05) is 18.2 Å². The largest absolute Gasteiger partial charge is 0.456 e. The van der Waals surface area contributed by atoms with Gasteiger partial charge in [0.05, 0.1) is 28.9 Å². The maximum Gasteiger partial charge on any atom is 0.296 e. The summed E-state index contributed by atoms with van der Waals surface area (Å²) in [4.78, 5) is 14.8. The average molecular weight is 505 g/mol. The number of aromatic amines is 1. The Balaban J connectivity index is 1.21. The van der Waals surface area contributed by atoms with Gasteiger partial charge in [0.1, 0.15) is 6.10 Å². The summed E-state index contributed by atoms with van der Waals surface area (Å²) in [6, 6.07) is 19.2. The van der Waals surface area contributed by atoms with Crippen molar-refractivity contribution in [3.8, 4) is 28.4 Å². The quantitative estimate of drug-likeness (QED) is 0.346. The summed E-state index contributed by atoms with van der Waals surface area (Å²) in [6.07, 6.45) is 0.798. The second kappa shape index (κ2) is 9.73. The smallest absolute Gasteiger partial charge is 0.296 e. The molecule has 2 aromatic heterocycles. The Hall–Kier alpha value is -3.13. The van der Waals surface area contributed by atoms with Crippen LogP contribution in [0.2, 0.25) is 5.02 Å². The molecule has 186 valence electrons. The van der Waals surface area contributed by atoms with Gasteiger partial charge < -0.3 is 24.1 Å². The molecule has 4 aromatic rings. The van der Waals surface area contributed by atoms with Crippen LogP contribution >= 0.6 is 11.6 Å². The Kier molecular flexibility index (Phi) is 6.29. The first-order valence-electron chi connectivity index (χ1n) is 12.5. The van der Waals surface area contributed by atoms with Crippen molar-refractivity contribution in [1.29, 1.82) is 0 Å². The molecule has 36 heavy (non-hydrogen) atoms. The van der Waals surface area contributed by atoms with E-state index < -0.39 is 0 Å². The molecule has 2 aliphatic rings. The van der Waals surface area contributed by atoms with Gasteiger partial charge in [-0.25, -0.2) is 4.98 Å². The number of benzene rings is 2. The molecule has 4 heterocycles. The van der Waals surface area contributed by atoms with Crippen LogP contribution in [-0.2, 0) is 9.47 Å². The van der Waals surface area contributed by atoms with Crippen LogP contribution in [0.1, 0.15) is 20.3 Å². The second-order valence-electron chi connectivity index (χ2n) is 9.18. The molecule has 0 radical (unpaired) electrons. The predicted molar refractivity (Wildman–Crippen MR) is 142 cm³/mol. The Morgan fingerprint density at radius 3 is 2.39 bits per heavy atom. The normalized spacial score (nSPS) is 21.1. The number of pyridine rings is 1. The zero-order chi connectivity index (χ0) is 24.6. The minimum absolute atomic E-state index is 0.0442. The van der Waals surface area contributed by atoms with Crippen LogP contribution < -0.4 is 9.64 Å². The Bertz CT molecular complexity index is 1350. The lowest BCUT2D eigenvalue weighted by Crippen LogP contribution is -2.32. The van der Waals surface area contributed by atoms with Gasteiger partial charge in [-0.2, -0.15) is 4.98 Å². The fourth-order valence-corrected chi connectivity index (χ4v) is 5.36. The summed E-state index contributed by atoms with van der Waals surface area (Å²) in [5.41, 5.74) is 6.46. The summed E-state index contributed by atoms with van der Waals surface area (Å²) in [5.74, 6) is 0. The number of nitrogens with one attached hydrogen (secondary N) is 1. The van der Waals surface area contributed by atoms with E-state index in [1.165, 1.54) is 11.3 Å². The molecule has 2 fully saturated rings. The molecule has 1 N–H and O–H groups in total. The van der Waals surface area contributed by atoms with Gasteiger partial charge in [-0.3, -0.25) is 0 Å². The van der Waals surface area contributed by atoms with Crippen LogP contribution in [-0.4, -0.2) is 59.6 Å². The van der Waals surface area contributed by atoms with E-state index in [9.17, 15) is 0 Å². The van der Waals surface area contributed by atoms with E-state index in [4.69, 9.17) is 30.8 Å². The first-order valence-corrected chi connectivity index (χ1v) is 12.9. The van der Waals surface area contributed by atoms with Crippen LogP contribution in [0.15, 0.2) is 54.6 Å². The summed E-state index contributed by atoms with van der Waals surface area (Å²) >= 11 is 6.63. The van der Waals surface area contributed by atoms with Crippen molar-refractivity contribution in [1.82, 2.24) is 15.0 Å². The lowest BCUT2D eigenvalue weighted by molar-refractivity contribution is 0.0273. The summed E-state index contributed by atoms with van der Waals surface area (Å²) in [7, 11) is 0. The minimum atomic E-state index is -0.179. The second-order valence-corrected chi connectivity index (χ2v) is 9.59. The average Bonchev–Trinajstić information content (AvgIpc) is 3.62. The standard InChI is InChI=1S/C28H29ClN4O3/c1-3-33(4-2)20-11-9-18(10-12-20)17-5-7-19(8-6-17)25-21(29)15-22-27(31-25)32-28(30-22)36-24-16-35-23-13-14-34-26(23)24/h5-12,15,23-24,26H,3-4,13-14,16H2,1-2H3,(H,30,31,32). The Morgan fingerprint density at radius 2 is 1.67 bits per heavy atom. The molecule has 3 atom stereocenters. The van der Waals surface area contributed by atoms with Crippen LogP contribution in [0.25, 0.3) is 33.5 Å². The van der Waals surface area contributed by atoms with E-state index in [0.29, 0.717) is 35.6 Å². The van der Waals surface area contributed by atoms with Gasteiger partial charge in [0.2, 0.25) is 0 Å². The molecule has 0 aliphatic carbocycles. The van der Waals surface area contributed by atoms with Gasteiger partial charge in [0, 0.05) is 30.9 Å². The molecule has 0 spiro atoms. The number of aromatic nitrogens is 3. The highest BCUT2D eigenvalue weighted by atomic mass is 35.5. The topological polar surface area (TPSA) is 72.5 Å². The molecule has 0 amide bonds. The minimum Gasteiger partial charge on any atom is -0.456 e. The molecule has 3 unspecified atom stereocenters. The highest BCUT2D eigenvalue weighted by Gasteiger charge is 2.43. The highest BCUT2D eigenvalue weighted by Crippen LogP contribution is 2.33. The third-order valence-electron chi connectivity index (χ3n) is 7.08. The number of nitrogens with zero attached hydrogens (tertiary/aromatic N) is 3. The van der Waals surface area contributed by atoms with E-state index in [-0.39, 0.29) is 18.3 Å². The first-order chi connectivity index (χ1) is 17.6. The molecule has 0 bridgehead atoms. The SMILES string of the molecule is CCN(CC)c1ccc(-c2ccc(-c3nc4nc(OC5COC6CCOC65)[nH]c4cc3Cl)cc2)cc1. The first kappa shape index (κ1) is 23.3. The zero-order valence-corrected chi connectivity index (χ0v) is 21.2. The number of hydrogen-bond acceptors (Lipinski definition) is 6. The van der Waals surface area contributed by atoms with Crippen molar-refractivity contribution in [2.45, 2.75) is 38.6 Å². The van der Waals surface area contributed by atoms with E-state index in [2.05, 4.69) is 65.1 Å². The summed E-state index contributed by atoms with van der Waals surface area (Å²) in [5, 5.41) is 0.553. The maximum atomic E-state index is 6.63. The van der Waals surface area contributed by atoms with Crippen LogP contribution in [0.4, 0.5) is 5.69 Å². The Morgan fingerprint density at radius 1 is 0.972 bits per heavy atom. The van der Waals surface area contributed by atoms with Gasteiger partial charge in [-0.1, -0.05) is 48.0 Å². The van der Waals surface area contributed by atoms with Crippen molar-refractivity contribution in [2.75, 3.05) is 31.2 Å². The van der Waals surface area contributed by atoms with Crippen LogP contribution in [0, 0.1) is 0 Å². The van der Waals surface area contributed by atoms with Crippen molar-refractivity contribution in [2.24, 2.45) is 0 Å². The van der Waals surface area contributed by atoms with E-state index >= 15 is 0 Å². The lowest BCUT2D eigenvalue weighted by Gasteiger charge is -2.21. The van der Waals surface area contributed by atoms with Crippen molar-refractivity contribution in [3.63, 3.8) is 0 Å². The summed E-state index contributed by atoms with van der Waals surface area (Å²) < 4.78 is 17.6. The van der Waals surface area contributed by atoms with Gasteiger partial charge >= 0.3 is 0 Å². The van der Waals surface area contributed by atoms with Gasteiger partial charge in [0.25, 0.3) is 6.01 Å². The monoisotopic (exact) mass is 504 g/mol. The fraction of sp³-hybridized carbons (Fsp3) is 0.357. The third-order valence-corrected chi connectivity index (χ3v) is 7.36. The molecular formula is C28H29ClN4O3. The third kappa shape index (κ3) is 4.32. The Labute approximate surface area is 215 Å². The van der Waals surface area contributed by atoms with E-state index in [1.54, 1.807) is 0 Å². The molecule has 6 rings (SSSR count). The number of rotatable bonds is 7. The number of halogens is 1. The van der Waals surface area contributed by atoms with Crippen molar-refractivity contribution >= 4 is 28.5 Å². The number of ether oxygens (including phenoxy) is 3. The van der Waals surface area contributed by atoms with Gasteiger partial charge in [-0.15, -0.1) is 0 Å². The molecule has 7 nitrogen and oxygen atoms in total. The zero-order valence-electron chi connectivity index (χ0n) is 20.4. The van der Waals surface area contributed by atoms with Gasteiger partial charge in [0.15, 0.2) is 11.8 Å². The molecular weight excluding hydrogens is 476 g/mol. The number of anilines is 1. The summed E-state index contributed by atoms with van der Waals surface area (Å²) in [6.45, 7) is 7.54. The number of H-pyrrole nitrogens is 1. The number of hydrogen-bond donors (Lipinski definition) is 1. The molecule has 8 heteroatoms. The van der Waals surface area contributed by atoms with Gasteiger partial charge in [-0.05, 0) is 49.6 Å².